The lowest BCUT2D eigenvalue weighted by Gasteiger charge is -2.28. The molecular formula is C15H17F3N2S. The van der Waals surface area contributed by atoms with Gasteiger partial charge in [0.2, 0.25) is 0 Å². The van der Waals surface area contributed by atoms with E-state index in [2.05, 4.69) is 0 Å². The molecule has 0 aliphatic heterocycles. The predicted molar refractivity (Wildman–Crippen MR) is 80.5 cm³/mol. The third-order valence-electron chi connectivity index (χ3n) is 3.54. The molecule has 2 aromatic rings. The fraction of sp³-hybridized carbons (Fsp3) is 0.333. The lowest BCUT2D eigenvalue weighted by atomic mass is 10.1. The molecule has 0 saturated heterocycles. The minimum Gasteiger partial charge on any atom is -0.367 e. The highest BCUT2D eigenvalue weighted by Crippen LogP contribution is 2.35. The minimum atomic E-state index is -4.35. The van der Waals surface area contributed by atoms with Crippen LogP contribution in [0.3, 0.4) is 0 Å². The van der Waals surface area contributed by atoms with E-state index in [1.165, 1.54) is 6.07 Å². The van der Waals surface area contributed by atoms with Crippen LogP contribution >= 0.6 is 11.3 Å². The number of nitrogens with two attached hydrogens (primary N) is 1. The monoisotopic (exact) mass is 314 g/mol. The molecule has 2 nitrogen and oxygen atoms in total. The second-order valence-electron chi connectivity index (χ2n) is 4.85. The molecule has 1 atom stereocenters. The molecule has 1 unspecified atom stereocenters. The molecular weight excluding hydrogens is 297 g/mol. The molecule has 0 aliphatic carbocycles. The van der Waals surface area contributed by atoms with Crippen molar-refractivity contribution in [3.05, 3.63) is 51.7 Å². The van der Waals surface area contributed by atoms with E-state index >= 15 is 0 Å². The molecule has 0 fully saturated rings. The number of alkyl halides is 3. The van der Waals surface area contributed by atoms with E-state index in [-0.39, 0.29) is 12.6 Å². The molecule has 0 amide bonds. The van der Waals surface area contributed by atoms with Crippen LogP contribution < -0.4 is 10.6 Å². The zero-order valence-electron chi connectivity index (χ0n) is 11.8. The van der Waals surface area contributed by atoms with Crippen molar-refractivity contribution in [2.24, 2.45) is 5.73 Å². The van der Waals surface area contributed by atoms with Crippen LogP contribution in [0.4, 0.5) is 18.9 Å². The number of halogens is 3. The van der Waals surface area contributed by atoms with E-state index in [1.807, 2.05) is 36.4 Å². The van der Waals surface area contributed by atoms with Crippen LogP contribution in [-0.4, -0.2) is 7.05 Å². The van der Waals surface area contributed by atoms with Gasteiger partial charge in [0.05, 0.1) is 11.6 Å². The molecule has 0 radical (unpaired) electrons. The van der Waals surface area contributed by atoms with Gasteiger partial charge >= 0.3 is 6.18 Å². The van der Waals surface area contributed by atoms with Gasteiger partial charge in [-0.3, -0.25) is 0 Å². The summed E-state index contributed by atoms with van der Waals surface area (Å²) < 4.78 is 38.3. The van der Waals surface area contributed by atoms with Gasteiger partial charge in [-0.15, -0.1) is 11.3 Å². The molecule has 0 bridgehead atoms. The molecule has 114 valence electrons. The van der Waals surface area contributed by atoms with Gasteiger partial charge in [0, 0.05) is 24.2 Å². The summed E-state index contributed by atoms with van der Waals surface area (Å²) in [6.45, 7) is 2.09. The van der Waals surface area contributed by atoms with Crippen molar-refractivity contribution in [1.82, 2.24) is 0 Å². The van der Waals surface area contributed by atoms with Crippen molar-refractivity contribution in [2.75, 3.05) is 11.9 Å². The number of nitrogens with zero attached hydrogens (tertiary/aromatic N) is 1. The summed E-state index contributed by atoms with van der Waals surface area (Å²) in [6.07, 6.45) is -4.35. The van der Waals surface area contributed by atoms with E-state index in [9.17, 15) is 13.2 Å². The van der Waals surface area contributed by atoms with E-state index in [1.54, 1.807) is 11.3 Å². The summed E-state index contributed by atoms with van der Waals surface area (Å²) in [6, 6.07) is 7.78. The molecule has 1 heterocycles. The van der Waals surface area contributed by atoms with Crippen molar-refractivity contribution >= 4 is 17.0 Å². The molecule has 2 rings (SSSR count). The molecule has 6 heteroatoms. The number of benzene rings is 1. The number of anilines is 1. The van der Waals surface area contributed by atoms with E-state index in [0.717, 1.165) is 22.7 Å². The summed E-state index contributed by atoms with van der Waals surface area (Å²) in [4.78, 5) is 3.11. The quantitative estimate of drug-likeness (QED) is 0.905. The minimum absolute atomic E-state index is 0.0702. The molecule has 2 N–H and O–H groups in total. The Morgan fingerprint density at radius 2 is 2.00 bits per heavy atom. The van der Waals surface area contributed by atoms with Crippen LogP contribution in [0.5, 0.6) is 0 Å². The average Bonchev–Trinajstić information content (AvgIpc) is 2.98. The maximum Gasteiger partial charge on any atom is 0.416 e. The van der Waals surface area contributed by atoms with Gasteiger partial charge in [-0.05, 0) is 42.1 Å². The van der Waals surface area contributed by atoms with Crippen LogP contribution in [0, 0.1) is 0 Å². The number of hydrogen-bond acceptors (Lipinski definition) is 3. The summed E-state index contributed by atoms with van der Waals surface area (Å²) in [5.41, 5.74) is 6.19. The first-order valence-corrected chi connectivity index (χ1v) is 7.39. The van der Waals surface area contributed by atoms with Crippen molar-refractivity contribution < 1.29 is 13.2 Å². The first-order chi connectivity index (χ1) is 9.84. The van der Waals surface area contributed by atoms with Gasteiger partial charge in [-0.2, -0.15) is 13.2 Å². The average molecular weight is 314 g/mol. The van der Waals surface area contributed by atoms with Crippen molar-refractivity contribution in [3.63, 3.8) is 0 Å². The van der Waals surface area contributed by atoms with E-state index in [4.69, 9.17) is 5.73 Å². The number of hydrogen-bond donors (Lipinski definition) is 1. The van der Waals surface area contributed by atoms with E-state index in [0.29, 0.717) is 5.56 Å². The summed E-state index contributed by atoms with van der Waals surface area (Å²) >= 11 is 1.62. The van der Waals surface area contributed by atoms with Crippen LogP contribution in [0.25, 0.3) is 0 Å². The Labute approximate surface area is 126 Å². The fourth-order valence-corrected chi connectivity index (χ4v) is 3.02. The second kappa shape index (κ2) is 6.07. The zero-order valence-corrected chi connectivity index (χ0v) is 12.6. The molecule has 0 spiro atoms. The maximum atomic E-state index is 12.8. The van der Waals surface area contributed by atoms with Gasteiger partial charge in [-0.25, -0.2) is 0 Å². The Balaban J connectivity index is 2.35. The van der Waals surface area contributed by atoms with Crippen LogP contribution in [0.15, 0.2) is 35.7 Å². The second-order valence-corrected chi connectivity index (χ2v) is 5.83. The number of rotatable bonds is 4. The summed E-state index contributed by atoms with van der Waals surface area (Å²) in [5, 5.41) is 1.98. The summed E-state index contributed by atoms with van der Waals surface area (Å²) in [7, 11) is 1.87. The van der Waals surface area contributed by atoms with Gasteiger partial charge in [0.25, 0.3) is 0 Å². The topological polar surface area (TPSA) is 29.3 Å². The Hall–Kier alpha value is -1.53. The first-order valence-electron chi connectivity index (χ1n) is 6.51. The highest BCUT2D eigenvalue weighted by Gasteiger charge is 2.31. The Bertz CT molecular complexity index is 593. The maximum absolute atomic E-state index is 12.8. The van der Waals surface area contributed by atoms with E-state index < -0.39 is 11.7 Å². The SMILES string of the molecule is CC(c1cccs1)N(C)c1ccc(C(F)(F)F)cc1CN. The third kappa shape index (κ3) is 3.39. The van der Waals surface area contributed by atoms with Crippen molar-refractivity contribution in [1.29, 1.82) is 0 Å². The van der Waals surface area contributed by atoms with Gasteiger partial charge in [0.15, 0.2) is 0 Å². The predicted octanol–water partition coefficient (Wildman–Crippen LogP) is 4.42. The van der Waals surface area contributed by atoms with Gasteiger partial charge in [0.1, 0.15) is 0 Å². The van der Waals surface area contributed by atoms with Crippen LogP contribution in [0.1, 0.15) is 29.0 Å². The smallest absolute Gasteiger partial charge is 0.367 e. The third-order valence-corrected chi connectivity index (χ3v) is 4.59. The molecule has 0 saturated carbocycles. The standard InChI is InChI=1S/C15H17F3N2S/c1-10(14-4-3-7-21-14)20(2)13-6-5-12(15(16,17)18)8-11(13)9-19/h3-8,10H,9,19H2,1-2H3. The van der Waals surface area contributed by atoms with Crippen molar-refractivity contribution in [2.45, 2.75) is 25.7 Å². The molecule has 0 aliphatic rings. The zero-order chi connectivity index (χ0) is 15.6. The van der Waals surface area contributed by atoms with Crippen LogP contribution in [-0.2, 0) is 12.7 Å². The normalized spacial score (nSPS) is 13.2. The summed E-state index contributed by atoms with van der Waals surface area (Å²) in [5.74, 6) is 0. The molecule has 21 heavy (non-hydrogen) atoms. The van der Waals surface area contributed by atoms with Gasteiger partial charge in [-0.1, -0.05) is 6.07 Å². The highest BCUT2D eigenvalue weighted by atomic mass is 32.1. The van der Waals surface area contributed by atoms with Crippen molar-refractivity contribution in [3.8, 4) is 0 Å². The Morgan fingerprint density at radius 3 is 2.52 bits per heavy atom. The first kappa shape index (κ1) is 15.9. The lowest BCUT2D eigenvalue weighted by molar-refractivity contribution is -0.137. The largest absolute Gasteiger partial charge is 0.416 e. The highest BCUT2D eigenvalue weighted by molar-refractivity contribution is 7.10. The Morgan fingerprint density at radius 1 is 1.29 bits per heavy atom. The lowest BCUT2D eigenvalue weighted by Crippen LogP contribution is -2.23. The molecule has 1 aromatic carbocycles. The van der Waals surface area contributed by atoms with Crippen LogP contribution in [0.2, 0.25) is 0 Å². The molecule has 1 aromatic heterocycles. The fourth-order valence-electron chi connectivity index (χ4n) is 2.20. The Kier molecular flexibility index (Phi) is 4.58. The van der Waals surface area contributed by atoms with Gasteiger partial charge < -0.3 is 10.6 Å². The number of thiophene rings is 1.